The maximum atomic E-state index is 12.8. The Kier molecular flexibility index (Phi) is 5.68. The van der Waals surface area contributed by atoms with Gasteiger partial charge in [-0.15, -0.1) is 5.10 Å². The van der Waals surface area contributed by atoms with Crippen LogP contribution in [0.2, 0.25) is 0 Å². The van der Waals surface area contributed by atoms with Crippen molar-refractivity contribution in [1.82, 2.24) is 34.9 Å². The molecule has 0 aliphatic carbocycles. The van der Waals surface area contributed by atoms with Crippen LogP contribution in [0.3, 0.4) is 0 Å². The highest BCUT2D eigenvalue weighted by molar-refractivity contribution is 5.75. The van der Waals surface area contributed by atoms with Crippen LogP contribution < -0.4 is 0 Å². The first-order valence-electron chi connectivity index (χ1n) is 10.1. The molecule has 1 saturated heterocycles. The van der Waals surface area contributed by atoms with E-state index in [0.717, 1.165) is 31.9 Å². The molecule has 0 radical (unpaired) electrons. The van der Waals surface area contributed by atoms with E-state index in [1.54, 1.807) is 4.68 Å². The summed E-state index contributed by atoms with van der Waals surface area (Å²) < 4.78 is 1.65. The monoisotopic (exact) mass is 383 g/mol. The second kappa shape index (κ2) is 8.36. The van der Waals surface area contributed by atoms with Gasteiger partial charge in [-0.3, -0.25) is 14.6 Å². The molecule has 8 nitrogen and oxygen atoms in total. The predicted octanol–water partition coefficient (Wildman–Crippen LogP) is 0.784. The molecule has 3 heterocycles. The second-order valence-corrected chi connectivity index (χ2v) is 8.05. The number of carbonyl (C=O) groups is 1. The maximum Gasteiger partial charge on any atom is 0.244 e. The van der Waals surface area contributed by atoms with E-state index >= 15 is 0 Å². The standard InChI is InChI=1S/C20H29N7O/c1-24-12-17-8-4-3-7-16(17)11-18(24)13-25(2)20(28)15-27-19(21-22-23-27)14-26-9-5-6-10-26/h3-4,7-8,18H,5-6,9-15H2,1-2H3. The first-order chi connectivity index (χ1) is 13.6. The fourth-order valence-corrected chi connectivity index (χ4v) is 4.19. The third-order valence-corrected chi connectivity index (χ3v) is 5.98. The van der Waals surface area contributed by atoms with Crippen LogP contribution in [0.4, 0.5) is 0 Å². The van der Waals surface area contributed by atoms with Gasteiger partial charge >= 0.3 is 0 Å². The average molecular weight is 384 g/mol. The number of carbonyl (C=O) groups excluding carboxylic acids is 1. The number of rotatable bonds is 6. The minimum absolute atomic E-state index is 0.0437. The molecule has 2 aliphatic rings. The van der Waals surface area contributed by atoms with Gasteiger partial charge in [0.1, 0.15) is 6.54 Å². The molecule has 8 heteroatoms. The Morgan fingerprint density at radius 1 is 1.21 bits per heavy atom. The summed E-state index contributed by atoms with van der Waals surface area (Å²) >= 11 is 0. The molecule has 0 N–H and O–H groups in total. The quantitative estimate of drug-likeness (QED) is 0.734. The molecule has 1 atom stereocenters. The maximum absolute atomic E-state index is 12.8. The highest BCUT2D eigenvalue weighted by Crippen LogP contribution is 2.22. The number of benzene rings is 1. The molecule has 28 heavy (non-hydrogen) atoms. The van der Waals surface area contributed by atoms with Gasteiger partial charge in [0.05, 0.1) is 6.54 Å². The summed E-state index contributed by atoms with van der Waals surface area (Å²) in [5.41, 5.74) is 2.77. The van der Waals surface area contributed by atoms with Gasteiger partial charge in [-0.25, -0.2) is 4.68 Å². The minimum atomic E-state index is 0.0437. The first kappa shape index (κ1) is 19.0. The number of fused-ring (bicyclic) bond motifs is 1. The molecule has 0 saturated carbocycles. The third-order valence-electron chi connectivity index (χ3n) is 5.98. The lowest BCUT2D eigenvalue weighted by Crippen LogP contribution is -2.46. The second-order valence-electron chi connectivity index (χ2n) is 8.05. The van der Waals surface area contributed by atoms with E-state index in [1.807, 2.05) is 11.9 Å². The van der Waals surface area contributed by atoms with Crippen molar-refractivity contribution in [3.63, 3.8) is 0 Å². The number of likely N-dealkylation sites (N-methyl/N-ethyl adjacent to an activating group) is 2. The summed E-state index contributed by atoms with van der Waals surface area (Å²) in [6.07, 6.45) is 3.41. The molecule has 150 valence electrons. The van der Waals surface area contributed by atoms with E-state index in [4.69, 9.17) is 0 Å². The highest BCUT2D eigenvalue weighted by atomic mass is 16.2. The number of hydrogen-bond acceptors (Lipinski definition) is 6. The summed E-state index contributed by atoms with van der Waals surface area (Å²) in [5, 5.41) is 12.0. The summed E-state index contributed by atoms with van der Waals surface area (Å²) in [6.45, 7) is 4.70. The lowest BCUT2D eigenvalue weighted by atomic mass is 9.94. The number of tetrazole rings is 1. The lowest BCUT2D eigenvalue weighted by molar-refractivity contribution is -0.131. The van der Waals surface area contributed by atoms with Crippen molar-refractivity contribution in [2.45, 2.75) is 44.9 Å². The molecule has 4 rings (SSSR count). The molecule has 1 unspecified atom stereocenters. The molecule has 1 aromatic heterocycles. The summed E-state index contributed by atoms with van der Waals surface area (Å²) in [5.74, 6) is 0.814. The zero-order valence-electron chi connectivity index (χ0n) is 16.8. The van der Waals surface area contributed by atoms with E-state index < -0.39 is 0 Å². The zero-order chi connectivity index (χ0) is 19.5. The van der Waals surface area contributed by atoms with Gasteiger partial charge in [-0.05, 0) is 61.0 Å². The van der Waals surface area contributed by atoms with Crippen molar-refractivity contribution in [2.24, 2.45) is 0 Å². The highest BCUT2D eigenvalue weighted by Gasteiger charge is 2.26. The molecule has 0 spiro atoms. The number of aromatic nitrogens is 4. The molecule has 1 amide bonds. The number of likely N-dealkylation sites (tertiary alicyclic amines) is 1. The van der Waals surface area contributed by atoms with Crippen LogP contribution in [0.1, 0.15) is 29.8 Å². The van der Waals surface area contributed by atoms with Crippen LogP contribution >= 0.6 is 0 Å². The van der Waals surface area contributed by atoms with Gasteiger partial charge in [-0.1, -0.05) is 24.3 Å². The molecule has 0 bridgehead atoms. The van der Waals surface area contributed by atoms with Gasteiger partial charge < -0.3 is 4.90 Å². The Morgan fingerprint density at radius 3 is 2.75 bits per heavy atom. The van der Waals surface area contributed by atoms with Gasteiger partial charge in [0.15, 0.2) is 5.82 Å². The van der Waals surface area contributed by atoms with Crippen molar-refractivity contribution in [3.05, 3.63) is 41.2 Å². The van der Waals surface area contributed by atoms with E-state index in [2.05, 4.69) is 56.6 Å². The molecular formula is C20H29N7O. The normalized spacial score (nSPS) is 20.3. The van der Waals surface area contributed by atoms with Crippen LogP contribution in [0.5, 0.6) is 0 Å². The third kappa shape index (κ3) is 4.23. The van der Waals surface area contributed by atoms with E-state index in [0.29, 0.717) is 19.1 Å². The summed E-state index contributed by atoms with van der Waals surface area (Å²) in [6, 6.07) is 8.89. The Morgan fingerprint density at radius 2 is 1.96 bits per heavy atom. The topological polar surface area (TPSA) is 70.4 Å². The van der Waals surface area contributed by atoms with Gasteiger partial charge in [-0.2, -0.15) is 0 Å². The van der Waals surface area contributed by atoms with Crippen molar-refractivity contribution >= 4 is 5.91 Å². The van der Waals surface area contributed by atoms with Gasteiger partial charge in [0.25, 0.3) is 0 Å². The Bertz CT molecular complexity index is 814. The van der Waals surface area contributed by atoms with Crippen molar-refractivity contribution in [1.29, 1.82) is 0 Å². The van der Waals surface area contributed by atoms with E-state index in [9.17, 15) is 4.79 Å². The van der Waals surface area contributed by atoms with Crippen LogP contribution in [-0.4, -0.2) is 80.6 Å². The van der Waals surface area contributed by atoms with Crippen LogP contribution in [0.15, 0.2) is 24.3 Å². The summed E-state index contributed by atoms with van der Waals surface area (Å²) in [4.78, 5) is 19.3. The zero-order valence-corrected chi connectivity index (χ0v) is 16.8. The summed E-state index contributed by atoms with van der Waals surface area (Å²) in [7, 11) is 4.01. The minimum Gasteiger partial charge on any atom is -0.343 e. The van der Waals surface area contributed by atoms with Crippen LogP contribution in [0, 0.1) is 0 Å². The van der Waals surface area contributed by atoms with Crippen molar-refractivity contribution in [3.8, 4) is 0 Å². The number of amides is 1. The van der Waals surface area contributed by atoms with E-state index in [-0.39, 0.29) is 12.5 Å². The van der Waals surface area contributed by atoms with Crippen LogP contribution in [-0.2, 0) is 30.8 Å². The van der Waals surface area contributed by atoms with Crippen molar-refractivity contribution < 1.29 is 4.79 Å². The fourth-order valence-electron chi connectivity index (χ4n) is 4.19. The molecule has 2 aliphatic heterocycles. The Balaban J connectivity index is 1.35. The van der Waals surface area contributed by atoms with E-state index in [1.165, 1.54) is 24.0 Å². The SMILES string of the molecule is CN(CC1Cc2ccccc2CN1C)C(=O)Cn1nnnc1CN1CCCC1. The van der Waals surface area contributed by atoms with Crippen molar-refractivity contribution in [2.75, 3.05) is 33.7 Å². The molecule has 2 aromatic rings. The predicted molar refractivity (Wildman–Crippen MR) is 105 cm³/mol. The average Bonchev–Trinajstić information content (AvgIpc) is 3.35. The molecular weight excluding hydrogens is 354 g/mol. The fraction of sp³-hybridized carbons (Fsp3) is 0.600. The lowest BCUT2D eigenvalue weighted by Gasteiger charge is -2.36. The number of hydrogen-bond donors (Lipinski definition) is 0. The first-order valence-corrected chi connectivity index (χ1v) is 10.1. The number of nitrogens with zero attached hydrogens (tertiary/aromatic N) is 7. The van der Waals surface area contributed by atoms with Gasteiger partial charge in [0.2, 0.25) is 5.91 Å². The van der Waals surface area contributed by atoms with Crippen LogP contribution in [0.25, 0.3) is 0 Å². The Labute approximate surface area is 166 Å². The largest absolute Gasteiger partial charge is 0.343 e. The van der Waals surface area contributed by atoms with Gasteiger partial charge in [0, 0.05) is 26.2 Å². The smallest absolute Gasteiger partial charge is 0.244 e. The molecule has 1 aromatic carbocycles. The molecule has 1 fully saturated rings. The Hall–Kier alpha value is -2.32.